The minimum atomic E-state index is 0.130. The van der Waals surface area contributed by atoms with Crippen LogP contribution in [0.15, 0.2) is 196 Å². The molecule has 0 aliphatic heterocycles. The van der Waals surface area contributed by atoms with Crippen molar-refractivity contribution in [3.05, 3.63) is 199 Å². The summed E-state index contributed by atoms with van der Waals surface area (Å²) in [5.41, 5.74) is 9.58. The number of amidine groups is 2. The summed E-state index contributed by atoms with van der Waals surface area (Å²) in [7, 11) is 0. The summed E-state index contributed by atoms with van der Waals surface area (Å²) in [5.74, 6) is 0.598. The van der Waals surface area contributed by atoms with Crippen molar-refractivity contribution in [3.63, 3.8) is 0 Å². The van der Waals surface area contributed by atoms with Crippen LogP contribution >= 0.6 is 11.3 Å². The molecule has 3 aromatic heterocycles. The smallest absolute Gasteiger partial charge is 0.161 e. The molecule has 8 aromatic carbocycles. The molecule has 0 atom stereocenters. The highest BCUT2D eigenvalue weighted by Crippen LogP contribution is 2.40. The van der Waals surface area contributed by atoms with Crippen LogP contribution in [0.4, 0.5) is 0 Å². The molecule has 0 amide bonds. The Bertz CT molecular complexity index is 3420. The zero-order valence-electron chi connectivity index (χ0n) is 30.6. The van der Waals surface area contributed by atoms with Crippen molar-refractivity contribution in [1.82, 2.24) is 4.57 Å². The van der Waals surface area contributed by atoms with E-state index in [1.165, 1.54) is 20.2 Å². The summed E-state index contributed by atoms with van der Waals surface area (Å²) in [4.78, 5) is 9.86. The Kier molecular flexibility index (Phi) is 7.76. The molecule has 0 saturated carbocycles. The number of benzene rings is 8. The third kappa shape index (κ3) is 5.65. The Hall–Kier alpha value is -7.41. The van der Waals surface area contributed by atoms with Gasteiger partial charge in [0, 0.05) is 59.4 Å². The maximum atomic E-state index is 9.25. The molecule has 3 heterocycles. The number of hydrogen-bond acceptors (Lipinski definition) is 3. The van der Waals surface area contributed by atoms with Crippen LogP contribution in [0.2, 0.25) is 0 Å². The number of nitrogens with zero attached hydrogens (tertiary/aromatic N) is 3. The lowest BCUT2D eigenvalue weighted by Gasteiger charge is -2.10. The Morgan fingerprint density at radius 1 is 0.544 bits per heavy atom. The monoisotopic (exact) mass is 748 g/mol. The van der Waals surface area contributed by atoms with E-state index >= 15 is 0 Å². The standard InChI is InChI=1S/C51H32N4OS/c52-50(34-22-24-37(25-23-34)55-43-18-7-4-17-42(43)48-44(55)28-27-41-38-15-5-8-19-45(38)56-49(41)48)54-51(36-14-10-13-35(30-36)33-11-2-1-3-12-33)53-31-32-21-26-40-39-16-6-9-20-46(39)57-47(40)29-32/h1-31,52H. The first-order chi connectivity index (χ1) is 28.2. The van der Waals surface area contributed by atoms with E-state index in [2.05, 4.69) is 132 Å². The number of fused-ring (bicyclic) bond motifs is 10. The van der Waals surface area contributed by atoms with Crippen molar-refractivity contribution in [2.75, 3.05) is 0 Å². The molecule has 0 spiro atoms. The number of furan rings is 1. The van der Waals surface area contributed by atoms with E-state index in [4.69, 9.17) is 14.4 Å². The summed E-state index contributed by atoms with van der Waals surface area (Å²) >= 11 is 1.78. The Labute approximate surface area is 331 Å². The molecule has 0 aliphatic carbocycles. The molecule has 1 N–H and O–H groups in total. The van der Waals surface area contributed by atoms with Gasteiger partial charge in [0.2, 0.25) is 0 Å². The Morgan fingerprint density at radius 2 is 1.26 bits per heavy atom. The molecular weight excluding hydrogens is 717 g/mol. The average Bonchev–Trinajstić information content (AvgIpc) is 3.95. The first kappa shape index (κ1) is 33.0. The molecule has 6 heteroatoms. The Morgan fingerprint density at radius 3 is 2.14 bits per heavy atom. The van der Waals surface area contributed by atoms with Gasteiger partial charge >= 0.3 is 0 Å². The predicted octanol–water partition coefficient (Wildman–Crippen LogP) is 13.6. The van der Waals surface area contributed by atoms with E-state index < -0.39 is 0 Å². The zero-order valence-corrected chi connectivity index (χ0v) is 31.4. The van der Waals surface area contributed by atoms with Crippen molar-refractivity contribution in [1.29, 1.82) is 5.41 Å². The second-order valence-electron chi connectivity index (χ2n) is 14.2. The second kappa shape index (κ2) is 13.4. The maximum Gasteiger partial charge on any atom is 0.161 e. The van der Waals surface area contributed by atoms with Crippen LogP contribution in [0.3, 0.4) is 0 Å². The van der Waals surface area contributed by atoms with Gasteiger partial charge in [-0.15, -0.1) is 11.3 Å². The highest BCUT2D eigenvalue weighted by atomic mass is 32.1. The number of aliphatic imine (C=N–C) groups is 2. The van der Waals surface area contributed by atoms with Crippen LogP contribution in [0.25, 0.3) is 80.7 Å². The van der Waals surface area contributed by atoms with E-state index in [9.17, 15) is 5.41 Å². The van der Waals surface area contributed by atoms with Crippen molar-refractivity contribution >= 4 is 93.1 Å². The van der Waals surface area contributed by atoms with Crippen molar-refractivity contribution in [2.24, 2.45) is 9.98 Å². The van der Waals surface area contributed by atoms with Crippen LogP contribution in [0.1, 0.15) is 16.7 Å². The number of thiophene rings is 1. The van der Waals surface area contributed by atoms with Gasteiger partial charge in [-0.3, -0.25) is 5.41 Å². The molecular formula is C51H32N4OS. The molecule has 268 valence electrons. The SMILES string of the molecule is N=C(N=C(N=Cc1ccc2c(c1)sc1ccccc12)c1cccc(-c2ccccc2)c1)c1ccc(-n2c3ccccc3c3c4oc5ccccc5c4ccc32)cc1. The molecule has 0 bridgehead atoms. The van der Waals surface area contributed by atoms with Gasteiger partial charge in [-0.2, -0.15) is 0 Å². The van der Waals surface area contributed by atoms with Crippen molar-refractivity contribution in [2.45, 2.75) is 0 Å². The molecule has 0 radical (unpaired) electrons. The highest BCUT2D eigenvalue weighted by molar-refractivity contribution is 7.25. The minimum absolute atomic E-state index is 0.130. The lowest BCUT2D eigenvalue weighted by atomic mass is 10.0. The summed E-state index contributed by atoms with van der Waals surface area (Å²) < 4.78 is 11.2. The van der Waals surface area contributed by atoms with Gasteiger partial charge in [0.15, 0.2) is 11.7 Å². The van der Waals surface area contributed by atoms with Crippen LogP contribution in [0.5, 0.6) is 0 Å². The molecule has 0 unspecified atom stereocenters. The first-order valence-corrected chi connectivity index (χ1v) is 19.7. The molecule has 0 fully saturated rings. The molecule has 11 rings (SSSR count). The summed E-state index contributed by atoms with van der Waals surface area (Å²) in [6, 6.07) is 62.5. The van der Waals surface area contributed by atoms with Gasteiger partial charge in [-0.1, -0.05) is 115 Å². The van der Waals surface area contributed by atoms with Crippen molar-refractivity contribution in [3.8, 4) is 16.8 Å². The predicted molar refractivity (Wildman–Crippen MR) is 240 cm³/mol. The normalized spacial score (nSPS) is 12.3. The highest BCUT2D eigenvalue weighted by Gasteiger charge is 2.19. The van der Waals surface area contributed by atoms with Crippen molar-refractivity contribution < 1.29 is 4.42 Å². The lowest BCUT2D eigenvalue weighted by Crippen LogP contribution is -2.05. The minimum Gasteiger partial charge on any atom is -0.455 e. The number of hydrogen-bond donors (Lipinski definition) is 1. The average molecular weight is 749 g/mol. The lowest BCUT2D eigenvalue weighted by molar-refractivity contribution is 0.673. The maximum absolute atomic E-state index is 9.25. The molecule has 0 saturated heterocycles. The number of para-hydroxylation sites is 2. The summed E-state index contributed by atoms with van der Waals surface area (Å²) in [5, 5.41) is 16.2. The largest absolute Gasteiger partial charge is 0.455 e. The Balaban J connectivity index is 0.982. The van der Waals surface area contributed by atoms with E-state index in [0.717, 1.165) is 71.7 Å². The number of rotatable bonds is 5. The van der Waals surface area contributed by atoms with Gasteiger partial charge in [0.25, 0.3) is 0 Å². The fraction of sp³-hybridized carbons (Fsp3) is 0. The zero-order chi connectivity index (χ0) is 37.9. The summed E-state index contributed by atoms with van der Waals surface area (Å²) in [6.07, 6.45) is 1.86. The van der Waals surface area contributed by atoms with Crippen LogP contribution in [-0.2, 0) is 0 Å². The second-order valence-corrected chi connectivity index (χ2v) is 15.3. The fourth-order valence-electron chi connectivity index (χ4n) is 8.05. The number of aromatic nitrogens is 1. The van der Waals surface area contributed by atoms with Gasteiger partial charge in [0.05, 0.1) is 16.4 Å². The molecule has 11 aromatic rings. The van der Waals surface area contributed by atoms with Gasteiger partial charge in [-0.05, 0) is 83.4 Å². The molecule has 5 nitrogen and oxygen atoms in total. The van der Waals surface area contributed by atoms with Gasteiger partial charge < -0.3 is 8.98 Å². The van der Waals surface area contributed by atoms with E-state index in [-0.39, 0.29) is 5.84 Å². The third-order valence-electron chi connectivity index (χ3n) is 10.8. The molecule has 57 heavy (non-hydrogen) atoms. The topological polar surface area (TPSA) is 66.6 Å². The third-order valence-corrected chi connectivity index (χ3v) is 11.9. The fourth-order valence-corrected chi connectivity index (χ4v) is 9.20. The molecule has 0 aliphatic rings. The van der Waals surface area contributed by atoms with E-state index in [0.29, 0.717) is 11.4 Å². The van der Waals surface area contributed by atoms with Crippen LogP contribution in [0, 0.1) is 5.41 Å². The number of nitrogens with one attached hydrogen (secondary N) is 1. The van der Waals surface area contributed by atoms with Gasteiger partial charge in [-0.25, -0.2) is 9.98 Å². The van der Waals surface area contributed by atoms with E-state index in [1.54, 1.807) is 11.3 Å². The first-order valence-electron chi connectivity index (χ1n) is 18.9. The summed E-state index contributed by atoms with van der Waals surface area (Å²) in [6.45, 7) is 0. The quantitative estimate of drug-likeness (QED) is 0.138. The van der Waals surface area contributed by atoms with Crippen LogP contribution in [-0.4, -0.2) is 22.5 Å². The van der Waals surface area contributed by atoms with E-state index in [1.807, 2.05) is 60.8 Å². The van der Waals surface area contributed by atoms with Gasteiger partial charge in [0.1, 0.15) is 11.2 Å². The van der Waals surface area contributed by atoms with Crippen LogP contribution < -0.4 is 0 Å².